The number of carboxylic acids is 1. The Labute approximate surface area is 116 Å². The number of H-pyrrole nitrogens is 1. The average Bonchev–Trinajstić information content (AvgIpc) is 2.69. The molecule has 20 heavy (non-hydrogen) atoms. The second-order valence-corrected chi connectivity index (χ2v) is 5.31. The molecule has 2 unspecified atom stereocenters. The van der Waals surface area contributed by atoms with Crippen LogP contribution < -0.4 is 5.56 Å². The quantitative estimate of drug-likeness (QED) is 0.842. The summed E-state index contributed by atoms with van der Waals surface area (Å²) >= 11 is 0. The van der Waals surface area contributed by atoms with Crippen molar-refractivity contribution in [2.45, 2.75) is 33.2 Å². The van der Waals surface area contributed by atoms with E-state index in [9.17, 15) is 14.4 Å². The van der Waals surface area contributed by atoms with E-state index in [2.05, 4.69) is 4.98 Å². The number of nitrogens with one attached hydrogen (secondary N) is 1. The lowest BCUT2D eigenvalue weighted by molar-refractivity contribution is -0.142. The molecule has 0 bridgehead atoms. The van der Waals surface area contributed by atoms with Crippen molar-refractivity contribution in [1.29, 1.82) is 0 Å². The van der Waals surface area contributed by atoms with Crippen LogP contribution in [0.4, 0.5) is 0 Å². The van der Waals surface area contributed by atoms with Gasteiger partial charge in [0.05, 0.1) is 5.92 Å². The van der Waals surface area contributed by atoms with E-state index < -0.39 is 23.5 Å². The van der Waals surface area contributed by atoms with Gasteiger partial charge in [-0.05, 0) is 38.8 Å². The molecule has 1 aliphatic rings. The van der Waals surface area contributed by atoms with Crippen molar-refractivity contribution in [3.63, 3.8) is 0 Å². The summed E-state index contributed by atoms with van der Waals surface area (Å²) in [5, 5.41) is 9.09. The summed E-state index contributed by atoms with van der Waals surface area (Å²) in [5.74, 6) is -1.86. The number of aryl methyl sites for hydroxylation is 2. The molecule has 1 aromatic rings. The van der Waals surface area contributed by atoms with E-state index in [0.29, 0.717) is 24.2 Å². The van der Waals surface area contributed by atoms with Crippen LogP contribution in [0.25, 0.3) is 0 Å². The van der Waals surface area contributed by atoms with Crippen LogP contribution in [0.3, 0.4) is 0 Å². The number of rotatable bonds is 2. The number of aromatic nitrogens is 1. The summed E-state index contributed by atoms with van der Waals surface area (Å²) in [5.41, 5.74) is 0.996. The molecule has 0 aliphatic carbocycles. The highest BCUT2D eigenvalue weighted by Crippen LogP contribution is 2.26. The van der Waals surface area contributed by atoms with Gasteiger partial charge in [-0.1, -0.05) is 0 Å². The molecular weight excluding hydrogens is 260 g/mol. The maximum absolute atomic E-state index is 12.5. The Hall–Kier alpha value is -2.11. The first-order valence-corrected chi connectivity index (χ1v) is 6.57. The molecule has 0 saturated carbocycles. The summed E-state index contributed by atoms with van der Waals surface area (Å²) in [6.45, 7) is 5.54. The van der Waals surface area contributed by atoms with Crippen LogP contribution in [0.1, 0.15) is 35.0 Å². The van der Waals surface area contributed by atoms with E-state index in [1.165, 1.54) is 4.90 Å². The van der Waals surface area contributed by atoms with Crippen LogP contribution in [0.15, 0.2) is 10.9 Å². The van der Waals surface area contributed by atoms with E-state index in [1.54, 1.807) is 26.8 Å². The van der Waals surface area contributed by atoms with Crippen molar-refractivity contribution in [2.75, 3.05) is 6.54 Å². The Morgan fingerprint density at radius 1 is 1.40 bits per heavy atom. The van der Waals surface area contributed by atoms with Gasteiger partial charge in [0.25, 0.3) is 11.5 Å². The molecule has 2 atom stereocenters. The van der Waals surface area contributed by atoms with Crippen LogP contribution in [-0.2, 0) is 4.79 Å². The lowest BCUT2D eigenvalue weighted by Crippen LogP contribution is -2.40. The van der Waals surface area contributed by atoms with Gasteiger partial charge in [0.1, 0.15) is 5.56 Å². The van der Waals surface area contributed by atoms with Crippen molar-refractivity contribution < 1.29 is 14.7 Å². The number of hydrogen-bond donors (Lipinski definition) is 2. The highest BCUT2D eigenvalue weighted by Gasteiger charge is 2.39. The fourth-order valence-electron chi connectivity index (χ4n) is 2.82. The Morgan fingerprint density at radius 3 is 2.55 bits per heavy atom. The van der Waals surface area contributed by atoms with Crippen molar-refractivity contribution >= 4 is 11.9 Å². The first-order chi connectivity index (χ1) is 9.32. The molecular formula is C14H18N2O4. The second-order valence-electron chi connectivity index (χ2n) is 5.31. The highest BCUT2D eigenvalue weighted by molar-refractivity contribution is 5.96. The molecule has 0 radical (unpaired) electrons. The fraction of sp³-hybridized carbons (Fsp3) is 0.500. The molecule has 1 fully saturated rings. The van der Waals surface area contributed by atoms with Crippen LogP contribution in [0.5, 0.6) is 0 Å². The Morgan fingerprint density at radius 2 is 2.05 bits per heavy atom. The summed E-state index contributed by atoms with van der Waals surface area (Å²) in [6, 6.07) is 1.34. The molecule has 1 aliphatic heterocycles. The second kappa shape index (κ2) is 5.11. The lowest BCUT2D eigenvalue weighted by atomic mass is 10.0. The third-order valence-corrected chi connectivity index (χ3v) is 3.91. The minimum atomic E-state index is -0.901. The van der Waals surface area contributed by atoms with E-state index in [1.807, 2.05) is 0 Å². The molecule has 108 valence electrons. The van der Waals surface area contributed by atoms with Gasteiger partial charge in [0.15, 0.2) is 0 Å². The van der Waals surface area contributed by atoms with Crippen molar-refractivity contribution in [3.8, 4) is 0 Å². The van der Waals surface area contributed by atoms with Gasteiger partial charge in [-0.25, -0.2) is 0 Å². The van der Waals surface area contributed by atoms with E-state index >= 15 is 0 Å². The molecule has 1 aromatic heterocycles. The van der Waals surface area contributed by atoms with Gasteiger partial charge >= 0.3 is 5.97 Å². The third-order valence-electron chi connectivity index (χ3n) is 3.91. The number of pyridine rings is 1. The van der Waals surface area contributed by atoms with Gasteiger partial charge in [-0.2, -0.15) is 0 Å². The summed E-state index contributed by atoms with van der Waals surface area (Å²) < 4.78 is 0. The summed E-state index contributed by atoms with van der Waals surface area (Å²) in [6.07, 6.45) is 0.422. The monoisotopic (exact) mass is 278 g/mol. The van der Waals surface area contributed by atoms with Gasteiger partial charge in [0, 0.05) is 18.3 Å². The van der Waals surface area contributed by atoms with Gasteiger partial charge in [0.2, 0.25) is 0 Å². The number of aromatic amines is 1. The average molecular weight is 278 g/mol. The first-order valence-electron chi connectivity index (χ1n) is 6.57. The number of nitrogens with zero attached hydrogens (tertiary/aromatic N) is 1. The zero-order valence-corrected chi connectivity index (χ0v) is 11.8. The number of likely N-dealkylation sites (tertiary alicyclic amines) is 1. The Kier molecular flexibility index (Phi) is 3.65. The van der Waals surface area contributed by atoms with Crippen LogP contribution in [-0.4, -0.2) is 39.5 Å². The van der Waals surface area contributed by atoms with E-state index in [0.717, 1.165) is 0 Å². The smallest absolute Gasteiger partial charge is 0.308 e. The summed E-state index contributed by atoms with van der Waals surface area (Å²) in [4.78, 5) is 39.6. The molecule has 0 spiro atoms. The number of hydrogen-bond acceptors (Lipinski definition) is 3. The highest BCUT2D eigenvalue weighted by atomic mass is 16.4. The minimum absolute atomic E-state index is 0.105. The Bertz CT molecular complexity index is 620. The molecule has 1 amide bonds. The number of carboxylic acid groups (broad SMARTS) is 1. The molecule has 6 heteroatoms. The van der Waals surface area contributed by atoms with Crippen LogP contribution >= 0.6 is 0 Å². The van der Waals surface area contributed by atoms with E-state index in [-0.39, 0.29) is 11.5 Å². The van der Waals surface area contributed by atoms with Crippen molar-refractivity contribution in [2.24, 2.45) is 5.92 Å². The zero-order valence-electron chi connectivity index (χ0n) is 11.8. The van der Waals surface area contributed by atoms with Gasteiger partial charge < -0.3 is 15.0 Å². The number of carbonyl (C=O) groups is 2. The van der Waals surface area contributed by atoms with Gasteiger partial charge in [-0.15, -0.1) is 0 Å². The lowest BCUT2D eigenvalue weighted by Gasteiger charge is -2.23. The fourth-order valence-corrected chi connectivity index (χ4v) is 2.82. The minimum Gasteiger partial charge on any atom is -0.481 e. The SMILES string of the molecule is Cc1cc(C)c(C(=O)N2CCC(C(=O)O)C2C)c(=O)[nH]1. The molecule has 0 aromatic carbocycles. The predicted octanol–water partition coefficient (Wildman–Crippen LogP) is 0.927. The number of aliphatic carboxylic acids is 1. The zero-order chi connectivity index (χ0) is 15.0. The summed E-state index contributed by atoms with van der Waals surface area (Å²) in [7, 11) is 0. The number of carbonyl (C=O) groups excluding carboxylic acids is 1. The largest absolute Gasteiger partial charge is 0.481 e. The maximum Gasteiger partial charge on any atom is 0.308 e. The van der Waals surface area contributed by atoms with Crippen LogP contribution in [0.2, 0.25) is 0 Å². The van der Waals surface area contributed by atoms with E-state index in [4.69, 9.17) is 5.11 Å². The van der Waals surface area contributed by atoms with Crippen LogP contribution in [0, 0.1) is 19.8 Å². The first kappa shape index (κ1) is 14.3. The Balaban J connectivity index is 2.34. The number of amides is 1. The van der Waals surface area contributed by atoms with Crippen molar-refractivity contribution in [1.82, 2.24) is 9.88 Å². The predicted molar refractivity (Wildman–Crippen MR) is 72.8 cm³/mol. The molecule has 6 nitrogen and oxygen atoms in total. The molecule has 2 heterocycles. The standard InChI is InChI=1S/C14H18N2O4/c1-7-6-8(2)15-12(17)11(7)13(18)16-5-4-10(9(16)3)14(19)20/h6,9-10H,4-5H2,1-3H3,(H,15,17)(H,19,20). The normalized spacial score (nSPS) is 22.1. The topological polar surface area (TPSA) is 90.5 Å². The van der Waals surface area contributed by atoms with Gasteiger partial charge in [-0.3, -0.25) is 14.4 Å². The molecule has 1 saturated heterocycles. The molecule has 2 rings (SSSR count). The third kappa shape index (κ3) is 2.33. The molecule has 2 N–H and O–H groups in total. The van der Waals surface area contributed by atoms with Crippen molar-refractivity contribution in [3.05, 3.63) is 33.2 Å². The maximum atomic E-state index is 12.5.